The molecule has 0 radical (unpaired) electrons. The van der Waals surface area contributed by atoms with Gasteiger partial charge in [0.25, 0.3) is 5.91 Å². The van der Waals surface area contributed by atoms with Gasteiger partial charge in [-0.2, -0.15) is 0 Å². The second kappa shape index (κ2) is 8.69. The first kappa shape index (κ1) is 19.6. The Morgan fingerprint density at radius 2 is 1.79 bits per heavy atom. The molecule has 0 spiro atoms. The molecule has 1 saturated heterocycles. The van der Waals surface area contributed by atoms with Crippen LogP contribution in [0.1, 0.15) is 18.9 Å². The van der Waals surface area contributed by atoms with E-state index in [0.29, 0.717) is 0 Å². The summed E-state index contributed by atoms with van der Waals surface area (Å²) < 4.78 is 5.19. The first-order chi connectivity index (χ1) is 13.5. The summed E-state index contributed by atoms with van der Waals surface area (Å²) in [4.78, 5) is 40.0. The van der Waals surface area contributed by atoms with Crippen molar-refractivity contribution in [2.45, 2.75) is 19.8 Å². The summed E-state index contributed by atoms with van der Waals surface area (Å²) in [6.07, 6.45) is 1.02. The van der Waals surface area contributed by atoms with Gasteiger partial charge in [-0.25, -0.2) is 0 Å². The van der Waals surface area contributed by atoms with Gasteiger partial charge in [0.05, 0.1) is 5.92 Å². The number of carbonyl (C=O) groups excluding carboxylic acids is 3. The molecule has 0 bridgehead atoms. The van der Waals surface area contributed by atoms with Gasteiger partial charge < -0.3 is 14.5 Å². The number of nitrogens with zero attached hydrogens (tertiary/aromatic N) is 2. The van der Waals surface area contributed by atoms with E-state index in [4.69, 9.17) is 4.74 Å². The highest BCUT2D eigenvalue weighted by Crippen LogP contribution is 2.26. The number of para-hydroxylation sites is 1. The lowest BCUT2D eigenvalue weighted by Gasteiger charge is -2.18. The van der Waals surface area contributed by atoms with Gasteiger partial charge in [-0.1, -0.05) is 37.3 Å². The molecule has 0 aromatic heterocycles. The molecule has 28 heavy (non-hydrogen) atoms. The predicted octanol–water partition coefficient (Wildman–Crippen LogP) is 2.81. The monoisotopic (exact) mass is 380 g/mol. The average molecular weight is 380 g/mol. The van der Waals surface area contributed by atoms with E-state index >= 15 is 0 Å². The fourth-order valence-electron chi connectivity index (χ4n) is 3.17. The Morgan fingerprint density at radius 1 is 1.11 bits per heavy atom. The highest BCUT2D eigenvalue weighted by molar-refractivity contribution is 6.00. The molecule has 0 N–H and O–H groups in total. The predicted molar refractivity (Wildman–Crippen MR) is 107 cm³/mol. The Bertz CT molecular complexity index is 849. The Labute approximate surface area is 164 Å². The van der Waals surface area contributed by atoms with Crippen LogP contribution in [0.5, 0.6) is 0 Å². The third-order valence-corrected chi connectivity index (χ3v) is 4.97. The molecule has 3 rings (SSSR count). The third kappa shape index (κ3) is 4.39. The van der Waals surface area contributed by atoms with Gasteiger partial charge in [0.15, 0.2) is 6.61 Å². The van der Waals surface area contributed by atoms with Crippen LogP contribution in [0.25, 0.3) is 0 Å². The molecule has 0 aliphatic carbocycles. The van der Waals surface area contributed by atoms with Crippen LogP contribution in [0.3, 0.4) is 0 Å². The lowest BCUT2D eigenvalue weighted by Crippen LogP contribution is -2.32. The van der Waals surface area contributed by atoms with E-state index < -0.39 is 11.9 Å². The quantitative estimate of drug-likeness (QED) is 0.723. The first-order valence-corrected chi connectivity index (χ1v) is 9.37. The van der Waals surface area contributed by atoms with Crippen LogP contribution < -0.4 is 9.80 Å². The lowest BCUT2D eigenvalue weighted by molar-refractivity contribution is -0.151. The molecule has 1 fully saturated rings. The van der Waals surface area contributed by atoms with E-state index in [1.165, 1.54) is 10.5 Å². The van der Waals surface area contributed by atoms with Crippen LogP contribution in [0.15, 0.2) is 54.6 Å². The lowest BCUT2D eigenvalue weighted by atomic mass is 10.1. The Kier molecular flexibility index (Phi) is 6.09. The van der Waals surface area contributed by atoms with Gasteiger partial charge in [0.2, 0.25) is 5.91 Å². The molecule has 6 nitrogen and oxygen atoms in total. The van der Waals surface area contributed by atoms with Crippen molar-refractivity contribution in [2.24, 2.45) is 5.92 Å². The fourth-order valence-corrected chi connectivity index (χ4v) is 3.17. The zero-order valence-electron chi connectivity index (χ0n) is 16.1. The minimum Gasteiger partial charge on any atom is -0.455 e. The molecule has 146 valence electrons. The summed E-state index contributed by atoms with van der Waals surface area (Å²) in [7, 11) is 1.63. The normalized spacial score (nSPS) is 16.1. The highest BCUT2D eigenvalue weighted by Gasteiger charge is 2.36. The number of carbonyl (C=O) groups is 3. The van der Waals surface area contributed by atoms with E-state index in [1.807, 2.05) is 42.5 Å². The highest BCUT2D eigenvalue weighted by atomic mass is 16.5. The van der Waals surface area contributed by atoms with Crippen molar-refractivity contribution in [3.63, 3.8) is 0 Å². The molecule has 6 heteroatoms. The standard InChI is InChI=1S/C22H24N2O4/c1-3-16-9-11-19(12-10-16)24-14-17(13-20(24)25)22(27)28-15-21(26)23(2)18-7-5-4-6-8-18/h4-12,17H,3,13-15H2,1-2H3/t17-/m0/s1. The van der Waals surface area contributed by atoms with Gasteiger partial charge in [-0.05, 0) is 36.2 Å². The van der Waals surface area contributed by atoms with E-state index in [9.17, 15) is 14.4 Å². The smallest absolute Gasteiger partial charge is 0.311 e. The van der Waals surface area contributed by atoms with E-state index in [2.05, 4.69) is 6.92 Å². The van der Waals surface area contributed by atoms with E-state index in [1.54, 1.807) is 24.1 Å². The molecule has 1 heterocycles. The van der Waals surface area contributed by atoms with Crippen molar-refractivity contribution in [3.8, 4) is 0 Å². The summed E-state index contributed by atoms with van der Waals surface area (Å²) in [6.45, 7) is 1.99. The molecular weight excluding hydrogens is 356 g/mol. The number of esters is 1. The number of aryl methyl sites for hydroxylation is 1. The SMILES string of the molecule is CCc1ccc(N2C[C@@H](C(=O)OCC(=O)N(C)c3ccccc3)CC2=O)cc1. The molecule has 0 unspecified atom stereocenters. The molecule has 2 aromatic rings. The summed E-state index contributed by atoms with van der Waals surface area (Å²) in [5.74, 6) is -1.51. The number of rotatable bonds is 6. The topological polar surface area (TPSA) is 66.9 Å². The first-order valence-electron chi connectivity index (χ1n) is 9.37. The van der Waals surface area contributed by atoms with Crippen LogP contribution in [0.4, 0.5) is 11.4 Å². The minimum atomic E-state index is -0.562. The second-order valence-electron chi connectivity index (χ2n) is 6.82. The third-order valence-electron chi connectivity index (χ3n) is 4.97. The van der Waals surface area contributed by atoms with Crippen molar-refractivity contribution >= 4 is 29.2 Å². The number of anilines is 2. The minimum absolute atomic E-state index is 0.0943. The Morgan fingerprint density at radius 3 is 2.43 bits per heavy atom. The van der Waals surface area contributed by atoms with Crippen LogP contribution in [0.2, 0.25) is 0 Å². The van der Waals surface area contributed by atoms with Gasteiger partial charge in [0, 0.05) is 31.4 Å². The van der Waals surface area contributed by atoms with Crippen molar-refractivity contribution < 1.29 is 19.1 Å². The number of hydrogen-bond donors (Lipinski definition) is 0. The molecule has 1 aliphatic heterocycles. The van der Waals surface area contributed by atoms with E-state index in [-0.39, 0.29) is 31.4 Å². The van der Waals surface area contributed by atoms with Crippen LogP contribution in [0, 0.1) is 5.92 Å². The summed E-state index contributed by atoms with van der Waals surface area (Å²) in [5.41, 5.74) is 2.69. The maximum Gasteiger partial charge on any atom is 0.311 e. The second-order valence-corrected chi connectivity index (χ2v) is 6.82. The molecule has 2 amide bonds. The van der Waals surface area contributed by atoms with Crippen molar-refractivity contribution in [1.82, 2.24) is 0 Å². The van der Waals surface area contributed by atoms with Gasteiger partial charge in [0.1, 0.15) is 0 Å². The molecule has 0 saturated carbocycles. The van der Waals surface area contributed by atoms with Crippen LogP contribution in [-0.2, 0) is 25.5 Å². The summed E-state index contributed by atoms with van der Waals surface area (Å²) in [6, 6.07) is 16.9. The maximum absolute atomic E-state index is 12.4. The van der Waals surface area contributed by atoms with Gasteiger partial charge in [-0.15, -0.1) is 0 Å². The zero-order valence-corrected chi connectivity index (χ0v) is 16.1. The molecular formula is C22H24N2O4. The summed E-state index contributed by atoms with van der Waals surface area (Å²) in [5, 5.41) is 0. The summed E-state index contributed by atoms with van der Waals surface area (Å²) >= 11 is 0. The zero-order chi connectivity index (χ0) is 20.1. The largest absolute Gasteiger partial charge is 0.455 e. The number of likely N-dealkylation sites (N-methyl/N-ethyl adjacent to an activating group) is 1. The van der Waals surface area contributed by atoms with Crippen molar-refractivity contribution in [2.75, 3.05) is 30.0 Å². The molecule has 1 aliphatic rings. The van der Waals surface area contributed by atoms with Crippen molar-refractivity contribution in [1.29, 1.82) is 0 Å². The van der Waals surface area contributed by atoms with Gasteiger partial charge in [-0.3, -0.25) is 14.4 Å². The van der Waals surface area contributed by atoms with Gasteiger partial charge >= 0.3 is 5.97 Å². The Balaban J connectivity index is 1.55. The number of benzene rings is 2. The number of ether oxygens (including phenoxy) is 1. The maximum atomic E-state index is 12.4. The molecule has 1 atom stereocenters. The fraction of sp³-hybridized carbons (Fsp3) is 0.318. The van der Waals surface area contributed by atoms with E-state index in [0.717, 1.165) is 17.8 Å². The average Bonchev–Trinajstić information content (AvgIpc) is 3.13. The van der Waals surface area contributed by atoms with Crippen molar-refractivity contribution in [3.05, 3.63) is 60.2 Å². The van der Waals surface area contributed by atoms with Crippen LogP contribution >= 0.6 is 0 Å². The Hall–Kier alpha value is -3.15. The number of hydrogen-bond acceptors (Lipinski definition) is 4. The number of amides is 2. The molecule has 2 aromatic carbocycles. The van der Waals surface area contributed by atoms with Crippen LogP contribution in [-0.4, -0.2) is 38.0 Å².